The average molecular weight is 345 g/mol. The van der Waals surface area contributed by atoms with Crippen LogP contribution < -0.4 is 0 Å². The minimum absolute atomic E-state index is 0.302. The Morgan fingerprint density at radius 2 is 2.21 bits per heavy atom. The molecule has 3 nitrogen and oxygen atoms in total. The lowest BCUT2D eigenvalue weighted by Gasteiger charge is -2.29. The molecule has 1 aliphatic rings. The van der Waals surface area contributed by atoms with Gasteiger partial charge in [-0.25, -0.2) is 0 Å². The smallest absolute Gasteiger partial charge is 0.0535 e. The molecule has 0 aromatic carbocycles. The maximum atomic E-state index is 5.87. The van der Waals surface area contributed by atoms with Crippen LogP contribution in [-0.2, 0) is 17.7 Å². The minimum Gasteiger partial charge on any atom is -0.381 e. The van der Waals surface area contributed by atoms with Crippen molar-refractivity contribution in [1.82, 2.24) is 9.88 Å². The SMILES string of the molecule is CCOCC1(CCc2ccsc2)CCN(Cc2ccc(C)nc2)C1. The Morgan fingerprint density at radius 3 is 2.92 bits per heavy atom. The summed E-state index contributed by atoms with van der Waals surface area (Å²) in [5, 5.41) is 4.45. The van der Waals surface area contributed by atoms with Crippen molar-refractivity contribution >= 4 is 11.3 Å². The number of pyridine rings is 1. The van der Waals surface area contributed by atoms with Crippen LogP contribution in [0.2, 0.25) is 0 Å². The van der Waals surface area contributed by atoms with Crippen LogP contribution >= 0.6 is 11.3 Å². The van der Waals surface area contributed by atoms with Crippen molar-refractivity contribution in [3.63, 3.8) is 0 Å². The lowest BCUT2D eigenvalue weighted by atomic mass is 9.82. The Hall–Kier alpha value is -1.23. The second kappa shape index (κ2) is 8.24. The van der Waals surface area contributed by atoms with E-state index in [0.717, 1.165) is 45.0 Å². The number of aryl methyl sites for hydroxylation is 2. The Balaban J connectivity index is 1.60. The summed E-state index contributed by atoms with van der Waals surface area (Å²) in [6, 6.07) is 6.56. The zero-order valence-electron chi connectivity index (χ0n) is 14.8. The van der Waals surface area contributed by atoms with Crippen molar-refractivity contribution in [2.75, 3.05) is 26.3 Å². The summed E-state index contributed by atoms with van der Waals surface area (Å²) in [6.45, 7) is 9.11. The van der Waals surface area contributed by atoms with E-state index in [2.05, 4.69) is 45.8 Å². The number of nitrogens with zero attached hydrogens (tertiary/aromatic N) is 2. The van der Waals surface area contributed by atoms with Crippen LogP contribution in [0, 0.1) is 12.3 Å². The summed E-state index contributed by atoms with van der Waals surface area (Å²) >= 11 is 1.79. The molecule has 4 heteroatoms. The number of rotatable bonds is 8. The molecule has 2 aromatic heterocycles. The molecular weight excluding hydrogens is 316 g/mol. The van der Waals surface area contributed by atoms with E-state index in [9.17, 15) is 0 Å². The minimum atomic E-state index is 0.302. The van der Waals surface area contributed by atoms with E-state index in [4.69, 9.17) is 4.74 Å². The average Bonchev–Trinajstić information content (AvgIpc) is 3.24. The van der Waals surface area contributed by atoms with Crippen LogP contribution in [0.15, 0.2) is 35.2 Å². The molecule has 3 rings (SSSR count). The molecule has 1 saturated heterocycles. The quantitative estimate of drug-likeness (QED) is 0.713. The molecular formula is C20H28N2OS. The van der Waals surface area contributed by atoms with Gasteiger partial charge in [0.1, 0.15) is 0 Å². The predicted molar refractivity (Wildman–Crippen MR) is 100 cm³/mol. The molecule has 0 N–H and O–H groups in total. The van der Waals surface area contributed by atoms with E-state index in [1.54, 1.807) is 11.3 Å². The van der Waals surface area contributed by atoms with Gasteiger partial charge in [0, 0.05) is 37.0 Å². The van der Waals surface area contributed by atoms with Crippen molar-refractivity contribution in [3.05, 3.63) is 52.0 Å². The van der Waals surface area contributed by atoms with E-state index in [1.807, 2.05) is 13.1 Å². The summed E-state index contributed by atoms with van der Waals surface area (Å²) in [5.74, 6) is 0. The van der Waals surface area contributed by atoms with Gasteiger partial charge in [-0.3, -0.25) is 9.88 Å². The van der Waals surface area contributed by atoms with Gasteiger partial charge in [-0.15, -0.1) is 0 Å². The number of hydrogen-bond donors (Lipinski definition) is 0. The number of thiophene rings is 1. The van der Waals surface area contributed by atoms with Crippen molar-refractivity contribution in [2.24, 2.45) is 5.41 Å². The number of aromatic nitrogens is 1. The van der Waals surface area contributed by atoms with E-state index in [0.29, 0.717) is 5.41 Å². The van der Waals surface area contributed by atoms with Gasteiger partial charge in [0.25, 0.3) is 0 Å². The predicted octanol–water partition coefficient (Wildman–Crippen LogP) is 4.31. The monoisotopic (exact) mass is 344 g/mol. The molecule has 0 aliphatic carbocycles. The Bertz CT molecular complexity index is 611. The number of hydrogen-bond acceptors (Lipinski definition) is 4. The molecule has 0 saturated carbocycles. The Labute approximate surface area is 149 Å². The van der Waals surface area contributed by atoms with Crippen molar-refractivity contribution < 1.29 is 4.74 Å². The highest BCUT2D eigenvalue weighted by Gasteiger charge is 2.37. The van der Waals surface area contributed by atoms with Crippen molar-refractivity contribution in [1.29, 1.82) is 0 Å². The second-order valence-corrected chi connectivity index (χ2v) is 7.82. The summed E-state index contributed by atoms with van der Waals surface area (Å²) in [6.07, 6.45) is 5.63. The fourth-order valence-corrected chi connectivity index (χ4v) is 4.27. The molecule has 0 amide bonds. The molecule has 130 valence electrons. The van der Waals surface area contributed by atoms with Gasteiger partial charge in [0.05, 0.1) is 6.61 Å². The third-order valence-corrected chi connectivity index (χ3v) is 5.76. The Morgan fingerprint density at radius 1 is 1.29 bits per heavy atom. The lowest BCUT2D eigenvalue weighted by Crippen LogP contribution is -2.32. The normalized spacial score (nSPS) is 21.4. The zero-order chi connectivity index (χ0) is 16.8. The molecule has 1 unspecified atom stereocenters. The molecule has 0 spiro atoms. The van der Waals surface area contributed by atoms with Crippen LogP contribution in [0.25, 0.3) is 0 Å². The fourth-order valence-electron chi connectivity index (χ4n) is 3.57. The molecule has 1 fully saturated rings. The number of ether oxygens (including phenoxy) is 1. The molecule has 0 bridgehead atoms. The van der Waals surface area contributed by atoms with E-state index < -0.39 is 0 Å². The van der Waals surface area contributed by atoms with Gasteiger partial charge < -0.3 is 4.74 Å². The van der Waals surface area contributed by atoms with Crippen LogP contribution in [0.3, 0.4) is 0 Å². The third kappa shape index (κ3) is 4.65. The zero-order valence-corrected chi connectivity index (χ0v) is 15.6. The Kier molecular flexibility index (Phi) is 6.04. The maximum absolute atomic E-state index is 5.87. The molecule has 1 atom stereocenters. The largest absolute Gasteiger partial charge is 0.381 e. The van der Waals surface area contributed by atoms with Gasteiger partial charge in [0.2, 0.25) is 0 Å². The molecule has 2 aromatic rings. The highest BCUT2D eigenvalue weighted by atomic mass is 32.1. The molecule has 0 radical (unpaired) electrons. The van der Waals surface area contributed by atoms with Gasteiger partial charge in [-0.1, -0.05) is 6.07 Å². The lowest BCUT2D eigenvalue weighted by molar-refractivity contribution is 0.0489. The van der Waals surface area contributed by atoms with E-state index >= 15 is 0 Å². The van der Waals surface area contributed by atoms with Crippen LogP contribution in [0.4, 0.5) is 0 Å². The summed E-state index contributed by atoms with van der Waals surface area (Å²) in [4.78, 5) is 7.00. The highest BCUT2D eigenvalue weighted by molar-refractivity contribution is 7.07. The van der Waals surface area contributed by atoms with E-state index in [-0.39, 0.29) is 0 Å². The van der Waals surface area contributed by atoms with Crippen LogP contribution in [0.1, 0.15) is 36.6 Å². The standard InChI is InChI=1S/C20H28N2OS/c1-3-23-16-20(8-6-18-7-11-24-14-18)9-10-22(15-20)13-19-5-4-17(2)21-12-19/h4-5,7,11-12,14H,3,6,8-10,13,15-16H2,1-2H3. The molecule has 24 heavy (non-hydrogen) atoms. The first-order chi connectivity index (χ1) is 11.7. The summed E-state index contributed by atoms with van der Waals surface area (Å²) < 4.78 is 5.87. The topological polar surface area (TPSA) is 25.4 Å². The molecule has 1 aliphatic heterocycles. The highest BCUT2D eigenvalue weighted by Crippen LogP contribution is 2.36. The van der Waals surface area contributed by atoms with Gasteiger partial charge >= 0.3 is 0 Å². The van der Waals surface area contributed by atoms with Crippen molar-refractivity contribution in [3.8, 4) is 0 Å². The first-order valence-electron chi connectivity index (χ1n) is 8.92. The summed E-state index contributed by atoms with van der Waals surface area (Å²) in [7, 11) is 0. The first-order valence-corrected chi connectivity index (χ1v) is 9.86. The van der Waals surface area contributed by atoms with E-state index in [1.165, 1.54) is 24.0 Å². The van der Waals surface area contributed by atoms with Crippen molar-refractivity contribution in [2.45, 2.75) is 39.7 Å². The first kappa shape index (κ1) is 17.6. The van der Waals surface area contributed by atoms with Crippen LogP contribution in [0.5, 0.6) is 0 Å². The van der Waals surface area contributed by atoms with Gasteiger partial charge in [0.15, 0.2) is 0 Å². The second-order valence-electron chi connectivity index (χ2n) is 7.04. The maximum Gasteiger partial charge on any atom is 0.0535 e. The van der Waals surface area contributed by atoms with Crippen LogP contribution in [-0.4, -0.2) is 36.2 Å². The van der Waals surface area contributed by atoms with Gasteiger partial charge in [-0.2, -0.15) is 11.3 Å². The third-order valence-electron chi connectivity index (χ3n) is 5.03. The molecule has 3 heterocycles. The summed E-state index contributed by atoms with van der Waals surface area (Å²) in [5.41, 5.74) is 4.17. The fraction of sp³-hybridized carbons (Fsp3) is 0.550. The number of likely N-dealkylation sites (tertiary alicyclic amines) is 1. The van der Waals surface area contributed by atoms with Gasteiger partial charge in [-0.05, 0) is 73.7 Å².